The normalized spacial score (nSPS) is 24.0. The number of nitrogen functional groups attached to an aromatic ring is 1. The van der Waals surface area contributed by atoms with Crippen LogP contribution in [0.3, 0.4) is 0 Å². The van der Waals surface area contributed by atoms with Crippen LogP contribution in [0.5, 0.6) is 0 Å². The average molecular weight is 270 g/mol. The number of nitrogens with zero attached hydrogens (tertiary/aromatic N) is 3. The van der Waals surface area contributed by atoms with Gasteiger partial charge in [-0.15, -0.1) is 0 Å². The maximum atomic E-state index is 11.3. The molecule has 1 amide bonds. The number of piperidine rings is 1. The van der Waals surface area contributed by atoms with Gasteiger partial charge in [0, 0.05) is 12.6 Å². The van der Waals surface area contributed by atoms with Crippen molar-refractivity contribution in [3.8, 4) is 0 Å². The summed E-state index contributed by atoms with van der Waals surface area (Å²) in [6.45, 7) is 2.58. The quantitative estimate of drug-likeness (QED) is 0.828. The third-order valence-corrected chi connectivity index (χ3v) is 3.57. The van der Waals surface area contributed by atoms with Crippen molar-refractivity contribution in [1.29, 1.82) is 0 Å². The van der Waals surface area contributed by atoms with Crippen molar-refractivity contribution in [1.82, 2.24) is 9.97 Å². The lowest BCUT2D eigenvalue weighted by molar-refractivity contribution is -0.122. The Morgan fingerprint density at radius 1 is 1.56 bits per heavy atom. The summed E-state index contributed by atoms with van der Waals surface area (Å²) >= 11 is 6.08. The number of carbonyl (C=O) groups is 1. The molecule has 0 saturated carbocycles. The molecule has 0 spiro atoms. The Bertz CT molecular complexity index is 467. The zero-order chi connectivity index (χ0) is 13.3. The third kappa shape index (κ3) is 2.48. The van der Waals surface area contributed by atoms with E-state index >= 15 is 0 Å². The number of anilines is 2. The van der Waals surface area contributed by atoms with Crippen LogP contribution < -0.4 is 16.4 Å². The van der Waals surface area contributed by atoms with Gasteiger partial charge in [0.2, 0.25) is 11.9 Å². The molecule has 2 atom stereocenters. The van der Waals surface area contributed by atoms with E-state index in [1.807, 2.05) is 4.90 Å². The largest absolute Gasteiger partial charge is 0.369 e. The van der Waals surface area contributed by atoms with Crippen molar-refractivity contribution >= 4 is 29.3 Å². The number of nitrogens with two attached hydrogens (primary N) is 2. The minimum Gasteiger partial charge on any atom is -0.369 e. The van der Waals surface area contributed by atoms with Gasteiger partial charge in [-0.3, -0.25) is 4.79 Å². The molecule has 6 nitrogen and oxygen atoms in total. The summed E-state index contributed by atoms with van der Waals surface area (Å²) in [5.41, 5.74) is 10.9. The Kier molecular flexibility index (Phi) is 3.56. The van der Waals surface area contributed by atoms with Crippen LogP contribution in [-0.2, 0) is 4.79 Å². The van der Waals surface area contributed by atoms with Gasteiger partial charge in [0.25, 0.3) is 0 Å². The summed E-state index contributed by atoms with van der Waals surface area (Å²) in [7, 11) is 0. The first-order valence-corrected chi connectivity index (χ1v) is 6.20. The molecule has 1 fully saturated rings. The molecule has 4 N–H and O–H groups in total. The molecule has 2 heterocycles. The van der Waals surface area contributed by atoms with Crippen molar-refractivity contribution in [2.75, 3.05) is 17.2 Å². The van der Waals surface area contributed by atoms with Crippen molar-refractivity contribution in [2.24, 2.45) is 11.7 Å². The molecule has 7 heteroatoms. The van der Waals surface area contributed by atoms with Gasteiger partial charge in [0.15, 0.2) is 5.82 Å². The van der Waals surface area contributed by atoms with Gasteiger partial charge >= 0.3 is 0 Å². The molecular formula is C11H16ClN5O. The fourth-order valence-corrected chi connectivity index (χ4v) is 2.41. The highest BCUT2D eigenvalue weighted by Crippen LogP contribution is 2.31. The lowest BCUT2D eigenvalue weighted by Gasteiger charge is -2.38. The SMILES string of the molecule is CC1CCC(C(N)=O)CN1c1nc(N)ncc1Cl. The summed E-state index contributed by atoms with van der Waals surface area (Å²) in [5, 5.41) is 0.432. The van der Waals surface area contributed by atoms with E-state index in [9.17, 15) is 4.79 Å². The zero-order valence-corrected chi connectivity index (χ0v) is 10.9. The van der Waals surface area contributed by atoms with Crippen molar-refractivity contribution in [2.45, 2.75) is 25.8 Å². The van der Waals surface area contributed by atoms with Crippen molar-refractivity contribution < 1.29 is 4.79 Å². The Labute approximate surface area is 110 Å². The zero-order valence-electron chi connectivity index (χ0n) is 10.1. The number of aromatic nitrogens is 2. The van der Waals surface area contributed by atoms with E-state index in [1.54, 1.807) is 0 Å². The van der Waals surface area contributed by atoms with E-state index < -0.39 is 0 Å². The van der Waals surface area contributed by atoms with E-state index in [0.29, 0.717) is 17.4 Å². The lowest BCUT2D eigenvalue weighted by atomic mass is 9.93. The minimum absolute atomic E-state index is 0.169. The van der Waals surface area contributed by atoms with Gasteiger partial charge < -0.3 is 16.4 Å². The third-order valence-electron chi connectivity index (χ3n) is 3.30. The second-order valence-electron chi connectivity index (χ2n) is 4.58. The van der Waals surface area contributed by atoms with Gasteiger partial charge in [-0.05, 0) is 19.8 Å². The fraction of sp³-hybridized carbons (Fsp3) is 0.545. The van der Waals surface area contributed by atoms with Crippen LogP contribution in [0, 0.1) is 5.92 Å². The number of carbonyl (C=O) groups excluding carboxylic acids is 1. The van der Waals surface area contributed by atoms with E-state index in [4.69, 9.17) is 23.1 Å². The summed E-state index contributed by atoms with van der Waals surface area (Å²) in [4.78, 5) is 21.2. The number of hydrogen-bond acceptors (Lipinski definition) is 5. The van der Waals surface area contributed by atoms with Crippen LogP contribution in [-0.4, -0.2) is 28.5 Å². The predicted molar refractivity (Wildman–Crippen MR) is 70.2 cm³/mol. The first kappa shape index (κ1) is 12.9. The highest BCUT2D eigenvalue weighted by Gasteiger charge is 2.30. The van der Waals surface area contributed by atoms with E-state index in [0.717, 1.165) is 12.8 Å². The summed E-state index contributed by atoms with van der Waals surface area (Å²) in [6.07, 6.45) is 3.14. The molecule has 1 saturated heterocycles. The Hall–Kier alpha value is -1.56. The number of rotatable bonds is 2. The summed E-state index contributed by atoms with van der Waals surface area (Å²) in [5.74, 6) is 0.281. The van der Waals surface area contributed by atoms with E-state index in [1.165, 1.54) is 6.20 Å². The predicted octanol–water partition coefficient (Wildman–Crippen LogP) is 0.802. The van der Waals surface area contributed by atoms with Gasteiger partial charge in [-0.1, -0.05) is 11.6 Å². The first-order chi connectivity index (χ1) is 8.49. The molecule has 0 radical (unpaired) electrons. The lowest BCUT2D eigenvalue weighted by Crippen LogP contribution is -2.46. The molecule has 2 rings (SSSR count). The molecule has 0 aromatic carbocycles. The van der Waals surface area contributed by atoms with Crippen molar-refractivity contribution in [3.63, 3.8) is 0 Å². The number of hydrogen-bond donors (Lipinski definition) is 2. The Morgan fingerprint density at radius 3 is 2.94 bits per heavy atom. The summed E-state index contributed by atoms with van der Waals surface area (Å²) < 4.78 is 0. The summed E-state index contributed by atoms with van der Waals surface area (Å²) in [6, 6.07) is 0.243. The molecule has 18 heavy (non-hydrogen) atoms. The molecule has 0 bridgehead atoms. The van der Waals surface area contributed by atoms with Crippen LogP contribution in [0.1, 0.15) is 19.8 Å². The number of amides is 1. The maximum absolute atomic E-state index is 11.3. The van der Waals surface area contributed by atoms with E-state index in [-0.39, 0.29) is 23.8 Å². The minimum atomic E-state index is -0.287. The second kappa shape index (κ2) is 4.97. The Balaban J connectivity index is 2.29. The van der Waals surface area contributed by atoms with Crippen LogP contribution in [0.25, 0.3) is 0 Å². The number of halogens is 1. The highest BCUT2D eigenvalue weighted by atomic mass is 35.5. The molecule has 1 aromatic rings. The van der Waals surface area contributed by atoms with Gasteiger partial charge in [0.05, 0.1) is 12.1 Å². The first-order valence-electron chi connectivity index (χ1n) is 5.83. The fourth-order valence-electron chi connectivity index (χ4n) is 2.21. The van der Waals surface area contributed by atoms with Gasteiger partial charge in [-0.2, -0.15) is 4.98 Å². The molecule has 2 unspecified atom stereocenters. The molecule has 98 valence electrons. The van der Waals surface area contributed by atoms with Crippen LogP contribution in [0.4, 0.5) is 11.8 Å². The Morgan fingerprint density at radius 2 is 2.28 bits per heavy atom. The highest BCUT2D eigenvalue weighted by molar-refractivity contribution is 6.32. The second-order valence-corrected chi connectivity index (χ2v) is 4.98. The standard InChI is InChI=1S/C11H16ClN5O/c1-6-2-3-7(9(13)18)5-17(6)10-8(12)4-15-11(14)16-10/h4,6-7H,2-3,5H2,1H3,(H2,13,18)(H2,14,15,16). The molecule has 0 aliphatic carbocycles. The number of primary amides is 1. The van der Waals surface area contributed by atoms with Gasteiger partial charge in [-0.25, -0.2) is 4.98 Å². The molecular weight excluding hydrogens is 254 g/mol. The van der Waals surface area contributed by atoms with Crippen LogP contribution in [0.2, 0.25) is 5.02 Å². The monoisotopic (exact) mass is 269 g/mol. The molecule has 1 aliphatic heterocycles. The molecule has 1 aromatic heterocycles. The smallest absolute Gasteiger partial charge is 0.222 e. The van der Waals surface area contributed by atoms with Crippen LogP contribution >= 0.6 is 11.6 Å². The maximum Gasteiger partial charge on any atom is 0.222 e. The average Bonchev–Trinajstić information content (AvgIpc) is 2.33. The van der Waals surface area contributed by atoms with Gasteiger partial charge in [0.1, 0.15) is 5.02 Å². The molecule has 1 aliphatic rings. The topological polar surface area (TPSA) is 98.1 Å². The van der Waals surface area contributed by atoms with Crippen molar-refractivity contribution in [3.05, 3.63) is 11.2 Å². The van der Waals surface area contributed by atoms with Crippen LogP contribution in [0.15, 0.2) is 6.20 Å². The van der Waals surface area contributed by atoms with E-state index in [2.05, 4.69) is 16.9 Å².